The number of hydrogen-bond donors (Lipinski definition) is 1. The number of ether oxygens (including phenoxy) is 1. The molecule has 144 valence electrons. The monoisotopic (exact) mass is 372 g/mol. The molecule has 1 aromatic heterocycles. The molecular formula is C21H25FN2O3. The Bertz CT molecular complexity index is 836. The Kier molecular flexibility index (Phi) is 5.63. The molecule has 3 rings (SSSR count). The molecule has 6 heteroatoms. The Balaban J connectivity index is 1.72. The lowest BCUT2D eigenvalue weighted by Gasteiger charge is -2.17. The number of esters is 1. The lowest BCUT2D eigenvalue weighted by molar-refractivity contribution is -0.129. The van der Waals surface area contributed by atoms with Crippen molar-refractivity contribution >= 4 is 11.9 Å². The zero-order valence-corrected chi connectivity index (χ0v) is 15.9. The standard InChI is InChI=1S/C21H25FN2O3/c1-13-12-19(14(2)24(13)18-10-8-16(22)9-11-18)21(26)27-15(3)20(25)23-17-6-4-5-7-17/h8-12,15,17H,4-7H2,1-3H3,(H,23,25). The minimum Gasteiger partial charge on any atom is -0.449 e. The van der Waals surface area contributed by atoms with E-state index in [4.69, 9.17) is 4.74 Å². The summed E-state index contributed by atoms with van der Waals surface area (Å²) in [6.45, 7) is 5.25. The molecule has 5 nitrogen and oxygen atoms in total. The summed E-state index contributed by atoms with van der Waals surface area (Å²) < 4.78 is 20.4. The third-order valence-corrected chi connectivity index (χ3v) is 5.09. The third-order valence-electron chi connectivity index (χ3n) is 5.09. The fourth-order valence-electron chi connectivity index (χ4n) is 3.62. The SMILES string of the molecule is Cc1cc(C(=O)OC(C)C(=O)NC2CCCC2)c(C)n1-c1ccc(F)cc1. The van der Waals surface area contributed by atoms with Gasteiger partial charge >= 0.3 is 5.97 Å². The van der Waals surface area contributed by atoms with Crippen molar-refractivity contribution in [2.75, 3.05) is 0 Å². The first-order chi connectivity index (χ1) is 12.9. The predicted octanol–water partition coefficient (Wildman–Crippen LogP) is 3.84. The summed E-state index contributed by atoms with van der Waals surface area (Å²) in [5, 5.41) is 2.94. The molecule has 1 aliphatic rings. The summed E-state index contributed by atoms with van der Waals surface area (Å²) in [7, 11) is 0. The van der Waals surface area contributed by atoms with Crippen molar-refractivity contribution in [1.82, 2.24) is 9.88 Å². The first-order valence-corrected chi connectivity index (χ1v) is 9.33. The minimum absolute atomic E-state index is 0.183. The van der Waals surface area contributed by atoms with Gasteiger partial charge in [-0.2, -0.15) is 0 Å². The van der Waals surface area contributed by atoms with E-state index in [1.165, 1.54) is 12.1 Å². The van der Waals surface area contributed by atoms with Gasteiger partial charge in [0.15, 0.2) is 6.10 Å². The molecule has 27 heavy (non-hydrogen) atoms. The maximum Gasteiger partial charge on any atom is 0.340 e. The highest BCUT2D eigenvalue weighted by atomic mass is 19.1. The summed E-state index contributed by atoms with van der Waals surface area (Å²) in [5.74, 6) is -1.11. The van der Waals surface area contributed by atoms with Gasteiger partial charge in [0.1, 0.15) is 5.82 Å². The molecule has 0 saturated heterocycles. The van der Waals surface area contributed by atoms with Crippen molar-refractivity contribution in [3.63, 3.8) is 0 Å². The summed E-state index contributed by atoms with van der Waals surface area (Å²) in [5.41, 5.74) is 2.68. The van der Waals surface area contributed by atoms with E-state index in [2.05, 4.69) is 5.32 Å². The highest BCUT2D eigenvalue weighted by Crippen LogP contribution is 2.22. The molecular weight excluding hydrogens is 347 g/mol. The molecule has 0 aliphatic heterocycles. The minimum atomic E-state index is -0.855. The Morgan fingerprint density at radius 2 is 1.81 bits per heavy atom. The van der Waals surface area contributed by atoms with Gasteiger partial charge in [0, 0.05) is 23.1 Å². The normalized spacial score (nSPS) is 15.6. The molecule has 1 fully saturated rings. The van der Waals surface area contributed by atoms with Crippen LogP contribution in [0.3, 0.4) is 0 Å². The van der Waals surface area contributed by atoms with Crippen LogP contribution in [0.25, 0.3) is 5.69 Å². The molecule has 1 unspecified atom stereocenters. The van der Waals surface area contributed by atoms with Crippen LogP contribution in [0.2, 0.25) is 0 Å². The summed E-state index contributed by atoms with van der Waals surface area (Å²) in [6, 6.07) is 7.97. The van der Waals surface area contributed by atoms with Crippen LogP contribution < -0.4 is 5.32 Å². The predicted molar refractivity (Wildman–Crippen MR) is 100 cm³/mol. The number of nitrogens with zero attached hydrogens (tertiary/aromatic N) is 1. The Morgan fingerprint density at radius 1 is 1.19 bits per heavy atom. The number of aromatic nitrogens is 1. The first kappa shape index (κ1) is 19.1. The average molecular weight is 372 g/mol. The van der Waals surface area contributed by atoms with E-state index < -0.39 is 12.1 Å². The second-order valence-electron chi connectivity index (χ2n) is 7.13. The molecule has 2 aromatic rings. The molecule has 0 bridgehead atoms. The van der Waals surface area contributed by atoms with E-state index in [0.717, 1.165) is 37.1 Å². The number of carbonyl (C=O) groups excluding carboxylic acids is 2. The number of halogens is 1. The smallest absolute Gasteiger partial charge is 0.340 e. The first-order valence-electron chi connectivity index (χ1n) is 9.33. The van der Waals surface area contributed by atoms with Gasteiger partial charge in [-0.3, -0.25) is 4.79 Å². The summed E-state index contributed by atoms with van der Waals surface area (Å²) >= 11 is 0. The van der Waals surface area contributed by atoms with Gasteiger partial charge in [-0.1, -0.05) is 12.8 Å². The number of aryl methyl sites for hydroxylation is 1. The second-order valence-corrected chi connectivity index (χ2v) is 7.13. The molecule has 0 spiro atoms. The van der Waals surface area contributed by atoms with Crippen molar-refractivity contribution < 1.29 is 18.7 Å². The Morgan fingerprint density at radius 3 is 2.44 bits per heavy atom. The number of benzene rings is 1. The van der Waals surface area contributed by atoms with E-state index in [9.17, 15) is 14.0 Å². The van der Waals surface area contributed by atoms with Crippen molar-refractivity contribution in [3.8, 4) is 5.69 Å². The van der Waals surface area contributed by atoms with Gasteiger partial charge in [-0.25, -0.2) is 9.18 Å². The van der Waals surface area contributed by atoms with Crippen molar-refractivity contribution in [3.05, 3.63) is 53.1 Å². The van der Waals surface area contributed by atoms with Crippen LogP contribution >= 0.6 is 0 Å². The molecule has 0 radical (unpaired) electrons. The molecule has 1 amide bonds. The van der Waals surface area contributed by atoms with E-state index in [1.54, 1.807) is 32.0 Å². The van der Waals surface area contributed by atoms with E-state index in [-0.39, 0.29) is 17.8 Å². The molecule has 1 N–H and O–H groups in total. The number of carbonyl (C=O) groups is 2. The summed E-state index contributed by atoms with van der Waals surface area (Å²) in [4.78, 5) is 24.8. The van der Waals surface area contributed by atoms with E-state index in [1.807, 2.05) is 11.5 Å². The van der Waals surface area contributed by atoms with Gasteiger partial charge in [-0.15, -0.1) is 0 Å². The molecule has 1 atom stereocenters. The molecule has 1 saturated carbocycles. The van der Waals surface area contributed by atoms with E-state index in [0.29, 0.717) is 11.3 Å². The highest BCUT2D eigenvalue weighted by molar-refractivity contribution is 5.93. The second kappa shape index (κ2) is 7.94. The van der Waals surface area contributed by atoms with Crippen LogP contribution in [0.4, 0.5) is 4.39 Å². The van der Waals surface area contributed by atoms with E-state index >= 15 is 0 Å². The molecule has 1 aromatic carbocycles. The number of rotatable bonds is 5. The fraction of sp³-hybridized carbons (Fsp3) is 0.429. The highest BCUT2D eigenvalue weighted by Gasteiger charge is 2.25. The van der Waals surface area contributed by atoms with Gasteiger partial charge in [0.2, 0.25) is 0 Å². The van der Waals surface area contributed by atoms with Gasteiger partial charge < -0.3 is 14.6 Å². The van der Waals surface area contributed by atoms with Crippen LogP contribution in [-0.2, 0) is 9.53 Å². The quantitative estimate of drug-likeness (QED) is 0.812. The van der Waals surface area contributed by atoms with Gasteiger partial charge in [0.05, 0.1) is 5.56 Å². The van der Waals surface area contributed by atoms with Crippen LogP contribution in [0.15, 0.2) is 30.3 Å². The zero-order chi connectivity index (χ0) is 19.6. The van der Waals surface area contributed by atoms with Gasteiger partial charge in [0.25, 0.3) is 5.91 Å². The van der Waals surface area contributed by atoms with Crippen molar-refractivity contribution in [1.29, 1.82) is 0 Å². The number of amides is 1. The van der Waals surface area contributed by atoms with Crippen molar-refractivity contribution in [2.45, 2.75) is 58.6 Å². The fourth-order valence-corrected chi connectivity index (χ4v) is 3.62. The molecule has 1 heterocycles. The van der Waals surface area contributed by atoms with Crippen LogP contribution in [0.1, 0.15) is 54.4 Å². The van der Waals surface area contributed by atoms with Crippen LogP contribution in [0, 0.1) is 19.7 Å². The van der Waals surface area contributed by atoms with Gasteiger partial charge in [-0.05, 0) is 63.9 Å². The maximum atomic E-state index is 13.2. The lowest BCUT2D eigenvalue weighted by Crippen LogP contribution is -2.40. The average Bonchev–Trinajstić information content (AvgIpc) is 3.23. The Hall–Kier alpha value is -2.63. The maximum absolute atomic E-state index is 13.2. The third kappa shape index (κ3) is 4.21. The molecule has 1 aliphatic carbocycles. The topological polar surface area (TPSA) is 60.3 Å². The summed E-state index contributed by atoms with van der Waals surface area (Å²) in [6.07, 6.45) is 3.34. The Labute approximate surface area is 158 Å². The van der Waals surface area contributed by atoms with Crippen molar-refractivity contribution in [2.24, 2.45) is 0 Å². The largest absolute Gasteiger partial charge is 0.449 e. The lowest BCUT2D eigenvalue weighted by atomic mass is 10.2. The van der Waals surface area contributed by atoms with Crippen LogP contribution in [-0.4, -0.2) is 28.6 Å². The number of hydrogen-bond acceptors (Lipinski definition) is 3. The zero-order valence-electron chi connectivity index (χ0n) is 15.9. The number of nitrogens with one attached hydrogen (secondary N) is 1. The van der Waals surface area contributed by atoms with Crippen LogP contribution in [0.5, 0.6) is 0 Å².